The monoisotopic (exact) mass is 561 g/mol. The van der Waals surface area contributed by atoms with Crippen molar-refractivity contribution in [3.63, 3.8) is 0 Å². The molecule has 0 fully saturated rings. The van der Waals surface area contributed by atoms with E-state index in [4.69, 9.17) is 32.7 Å². The SMILES string of the molecule is CCOc1cc(CNCCCc2nc3ccccc3[nH]2)cc(Br)c1OCc1ccc(Cl)c(Cl)c1. The normalized spacial score (nSPS) is 11.2. The van der Waals surface area contributed by atoms with Crippen LogP contribution >= 0.6 is 39.1 Å². The number of fused-ring (bicyclic) bond motifs is 1. The van der Waals surface area contributed by atoms with Gasteiger partial charge in [-0.15, -0.1) is 0 Å². The highest BCUT2D eigenvalue weighted by Gasteiger charge is 2.13. The van der Waals surface area contributed by atoms with E-state index in [2.05, 4.69) is 43.3 Å². The summed E-state index contributed by atoms with van der Waals surface area (Å²) in [7, 11) is 0. The van der Waals surface area contributed by atoms with Gasteiger partial charge < -0.3 is 19.8 Å². The molecule has 34 heavy (non-hydrogen) atoms. The quantitative estimate of drug-likeness (QED) is 0.188. The molecule has 8 heteroatoms. The molecule has 178 valence electrons. The van der Waals surface area contributed by atoms with Crippen molar-refractivity contribution < 1.29 is 9.47 Å². The van der Waals surface area contributed by atoms with E-state index >= 15 is 0 Å². The zero-order chi connectivity index (χ0) is 23.9. The van der Waals surface area contributed by atoms with Gasteiger partial charge in [-0.25, -0.2) is 4.98 Å². The van der Waals surface area contributed by atoms with Gasteiger partial charge in [0.25, 0.3) is 0 Å². The number of aromatic amines is 1. The number of H-pyrrole nitrogens is 1. The predicted molar refractivity (Wildman–Crippen MR) is 142 cm³/mol. The van der Waals surface area contributed by atoms with Gasteiger partial charge in [0.1, 0.15) is 12.4 Å². The van der Waals surface area contributed by atoms with Crippen molar-refractivity contribution in [3.05, 3.63) is 86.1 Å². The smallest absolute Gasteiger partial charge is 0.175 e. The van der Waals surface area contributed by atoms with Crippen LogP contribution in [0.25, 0.3) is 11.0 Å². The number of para-hydroxylation sites is 2. The number of hydrogen-bond donors (Lipinski definition) is 2. The molecule has 2 N–H and O–H groups in total. The Morgan fingerprint density at radius 2 is 1.85 bits per heavy atom. The van der Waals surface area contributed by atoms with Gasteiger partial charge in [-0.05, 0) is 83.3 Å². The molecule has 0 bridgehead atoms. The first-order valence-electron chi connectivity index (χ1n) is 11.2. The minimum Gasteiger partial charge on any atom is -0.490 e. The van der Waals surface area contributed by atoms with Crippen molar-refractivity contribution in [2.75, 3.05) is 13.2 Å². The zero-order valence-electron chi connectivity index (χ0n) is 18.8. The minimum atomic E-state index is 0.356. The van der Waals surface area contributed by atoms with E-state index in [1.807, 2.05) is 43.3 Å². The number of hydrogen-bond acceptors (Lipinski definition) is 4. The fraction of sp³-hybridized carbons (Fsp3) is 0.269. The molecular weight excluding hydrogens is 537 g/mol. The van der Waals surface area contributed by atoms with Crippen molar-refractivity contribution in [1.29, 1.82) is 0 Å². The summed E-state index contributed by atoms with van der Waals surface area (Å²) in [6.45, 7) is 4.47. The molecule has 0 saturated heterocycles. The Labute approximate surface area is 217 Å². The summed E-state index contributed by atoms with van der Waals surface area (Å²) >= 11 is 15.8. The van der Waals surface area contributed by atoms with E-state index in [1.54, 1.807) is 6.07 Å². The van der Waals surface area contributed by atoms with Crippen LogP contribution in [0, 0.1) is 0 Å². The van der Waals surface area contributed by atoms with Crippen molar-refractivity contribution >= 4 is 50.2 Å². The van der Waals surface area contributed by atoms with Crippen LogP contribution < -0.4 is 14.8 Å². The summed E-state index contributed by atoms with van der Waals surface area (Å²) < 4.78 is 12.8. The third-order valence-electron chi connectivity index (χ3n) is 5.27. The summed E-state index contributed by atoms with van der Waals surface area (Å²) in [4.78, 5) is 8.02. The largest absolute Gasteiger partial charge is 0.490 e. The van der Waals surface area contributed by atoms with Crippen molar-refractivity contribution in [3.8, 4) is 11.5 Å². The first-order valence-corrected chi connectivity index (χ1v) is 12.7. The summed E-state index contributed by atoms with van der Waals surface area (Å²) in [5.41, 5.74) is 4.14. The van der Waals surface area contributed by atoms with Gasteiger partial charge in [-0.2, -0.15) is 0 Å². The lowest BCUT2D eigenvalue weighted by atomic mass is 10.2. The fourth-order valence-corrected chi connectivity index (χ4v) is 4.57. The Hall–Kier alpha value is -2.25. The molecule has 0 radical (unpaired) electrons. The van der Waals surface area contributed by atoms with Gasteiger partial charge in [0.15, 0.2) is 11.5 Å². The lowest BCUT2D eigenvalue weighted by Gasteiger charge is -2.16. The highest BCUT2D eigenvalue weighted by atomic mass is 79.9. The topological polar surface area (TPSA) is 59.2 Å². The number of nitrogens with one attached hydrogen (secondary N) is 2. The third kappa shape index (κ3) is 6.45. The maximum Gasteiger partial charge on any atom is 0.175 e. The fourth-order valence-electron chi connectivity index (χ4n) is 3.65. The van der Waals surface area contributed by atoms with Gasteiger partial charge in [-0.3, -0.25) is 0 Å². The Kier molecular flexibility index (Phi) is 8.73. The number of imidazole rings is 1. The van der Waals surface area contributed by atoms with Crippen LogP contribution in [0.15, 0.2) is 59.1 Å². The Bertz CT molecular complexity index is 1230. The maximum atomic E-state index is 6.12. The number of nitrogens with zero attached hydrogens (tertiary/aromatic N) is 1. The van der Waals surface area contributed by atoms with Gasteiger partial charge in [0, 0.05) is 13.0 Å². The molecular formula is C26H26BrCl2N3O2. The lowest BCUT2D eigenvalue weighted by Crippen LogP contribution is -2.15. The maximum absolute atomic E-state index is 6.12. The van der Waals surface area contributed by atoms with E-state index in [-0.39, 0.29) is 0 Å². The second kappa shape index (κ2) is 11.9. The van der Waals surface area contributed by atoms with E-state index in [9.17, 15) is 0 Å². The summed E-state index contributed by atoms with van der Waals surface area (Å²) in [6, 6.07) is 17.6. The molecule has 5 nitrogen and oxygen atoms in total. The average molecular weight is 563 g/mol. The number of ether oxygens (including phenoxy) is 2. The van der Waals surface area contributed by atoms with Crippen LogP contribution in [-0.4, -0.2) is 23.1 Å². The van der Waals surface area contributed by atoms with Crippen LogP contribution in [0.5, 0.6) is 11.5 Å². The molecule has 0 aliphatic rings. The highest BCUT2D eigenvalue weighted by molar-refractivity contribution is 9.10. The molecule has 0 spiro atoms. The van der Waals surface area contributed by atoms with Crippen molar-refractivity contribution in [1.82, 2.24) is 15.3 Å². The number of aromatic nitrogens is 2. The average Bonchev–Trinajstić information content (AvgIpc) is 3.23. The Morgan fingerprint density at radius 1 is 1.00 bits per heavy atom. The van der Waals surface area contributed by atoms with Crippen LogP contribution in [-0.2, 0) is 19.6 Å². The molecule has 0 saturated carbocycles. The number of halogens is 3. The molecule has 0 amide bonds. The molecule has 1 aromatic heterocycles. The number of benzene rings is 3. The molecule has 0 unspecified atom stereocenters. The van der Waals surface area contributed by atoms with Crippen LogP contribution in [0.3, 0.4) is 0 Å². The van der Waals surface area contributed by atoms with E-state index < -0.39 is 0 Å². The first-order chi connectivity index (χ1) is 16.5. The zero-order valence-corrected chi connectivity index (χ0v) is 21.9. The van der Waals surface area contributed by atoms with E-state index in [0.29, 0.717) is 34.8 Å². The molecule has 1 heterocycles. The summed E-state index contributed by atoms with van der Waals surface area (Å²) in [6.07, 6.45) is 1.89. The van der Waals surface area contributed by atoms with Crippen molar-refractivity contribution in [2.45, 2.75) is 32.9 Å². The van der Waals surface area contributed by atoms with Crippen LogP contribution in [0.1, 0.15) is 30.3 Å². The number of rotatable bonds is 11. The standard InChI is InChI=1S/C26H26BrCl2N3O2/c1-2-33-24-14-18(12-19(27)26(24)34-16-17-9-10-20(28)21(29)13-17)15-30-11-5-8-25-31-22-6-3-4-7-23(22)32-25/h3-4,6-7,9-10,12-14,30H,2,5,8,11,15-16H2,1H3,(H,31,32). The molecule has 0 aliphatic heterocycles. The van der Waals surface area contributed by atoms with E-state index in [0.717, 1.165) is 58.4 Å². The molecule has 4 aromatic rings. The van der Waals surface area contributed by atoms with Crippen molar-refractivity contribution in [2.24, 2.45) is 0 Å². The molecule has 0 atom stereocenters. The lowest BCUT2D eigenvalue weighted by molar-refractivity contribution is 0.267. The van der Waals surface area contributed by atoms with Gasteiger partial charge in [0.05, 0.1) is 32.2 Å². The first kappa shape index (κ1) is 24.9. The van der Waals surface area contributed by atoms with Crippen LogP contribution in [0.2, 0.25) is 10.0 Å². The van der Waals surface area contributed by atoms with Crippen LogP contribution in [0.4, 0.5) is 0 Å². The second-order valence-electron chi connectivity index (χ2n) is 7.86. The summed E-state index contributed by atoms with van der Waals surface area (Å²) in [5, 5.41) is 4.54. The molecule has 0 aliphatic carbocycles. The van der Waals surface area contributed by atoms with Gasteiger partial charge >= 0.3 is 0 Å². The predicted octanol–water partition coefficient (Wildman–Crippen LogP) is 7.33. The van der Waals surface area contributed by atoms with E-state index in [1.165, 1.54) is 0 Å². The second-order valence-corrected chi connectivity index (χ2v) is 9.52. The molecule has 3 aromatic carbocycles. The Balaban J connectivity index is 1.32. The minimum absolute atomic E-state index is 0.356. The highest BCUT2D eigenvalue weighted by Crippen LogP contribution is 2.37. The number of aryl methyl sites for hydroxylation is 1. The van der Waals surface area contributed by atoms with Gasteiger partial charge in [0.2, 0.25) is 0 Å². The summed E-state index contributed by atoms with van der Waals surface area (Å²) in [5.74, 6) is 2.39. The third-order valence-corrected chi connectivity index (χ3v) is 6.60. The Morgan fingerprint density at radius 3 is 2.65 bits per heavy atom. The van der Waals surface area contributed by atoms with Gasteiger partial charge in [-0.1, -0.05) is 41.4 Å². The molecule has 4 rings (SSSR count).